The molecule has 0 radical (unpaired) electrons. The van der Waals surface area contributed by atoms with E-state index in [4.69, 9.17) is 17.3 Å². The summed E-state index contributed by atoms with van der Waals surface area (Å²) in [6.07, 6.45) is 2.55. The van der Waals surface area contributed by atoms with Crippen LogP contribution in [0.1, 0.15) is 26.2 Å². The van der Waals surface area contributed by atoms with Crippen LogP contribution in [0.5, 0.6) is 0 Å². The van der Waals surface area contributed by atoms with Crippen molar-refractivity contribution in [3.63, 3.8) is 0 Å². The van der Waals surface area contributed by atoms with Crippen molar-refractivity contribution in [1.29, 1.82) is 0 Å². The summed E-state index contributed by atoms with van der Waals surface area (Å²) in [5.41, 5.74) is 5.80. The summed E-state index contributed by atoms with van der Waals surface area (Å²) in [4.78, 5) is 12.2. The number of carbonyl (C=O) groups is 1. The van der Waals surface area contributed by atoms with Gasteiger partial charge in [0.05, 0.1) is 10.4 Å². The molecule has 0 spiro atoms. The summed E-state index contributed by atoms with van der Waals surface area (Å²) < 4.78 is 13.3. The molecule has 98 valence electrons. The molecule has 1 aromatic rings. The molecule has 0 aromatic heterocycles. The van der Waals surface area contributed by atoms with Gasteiger partial charge in [-0.25, -0.2) is 4.39 Å². The fourth-order valence-corrected chi connectivity index (χ4v) is 2.44. The number of hydrogen-bond donors (Lipinski definition) is 2. The molecule has 1 fully saturated rings. The summed E-state index contributed by atoms with van der Waals surface area (Å²) in [5.74, 6) is -0.704. The SMILES string of the molecule is CC1(C(=O)Nc2ccc(Cl)c(F)c2)CCCC1N. The Labute approximate surface area is 111 Å². The van der Waals surface area contributed by atoms with Gasteiger partial charge in [0.15, 0.2) is 0 Å². The normalized spacial score (nSPS) is 27.2. The lowest BCUT2D eigenvalue weighted by Gasteiger charge is -2.27. The molecule has 1 amide bonds. The second-order valence-electron chi connectivity index (χ2n) is 5.00. The smallest absolute Gasteiger partial charge is 0.231 e. The quantitative estimate of drug-likeness (QED) is 0.868. The number of hydrogen-bond acceptors (Lipinski definition) is 2. The van der Waals surface area contributed by atoms with Crippen LogP contribution in [0.4, 0.5) is 10.1 Å². The van der Waals surface area contributed by atoms with Gasteiger partial charge in [-0.15, -0.1) is 0 Å². The van der Waals surface area contributed by atoms with Gasteiger partial charge in [0, 0.05) is 11.7 Å². The Morgan fingerprint density at radius 2 is 2.33 bits per heavy atom. The second-order valence-corrected chi connectivity index (χ2v) is 5.41. The predicted octanol–water partition coefficient (Wildman–Crippen LogP) is 2.94. The second kappa shape index (κ2) is 4.86. The Morgan fingerprint density at radius 3 is 2.89 bits per heavy atom. The average molecular weight is 271 g/mol. The molecule has 18 heavy (non-hydrogen) atoms. The molecule has 3 nitrogen and oxygen atoms in total. The van der Waals surface area contributed by atoms with Crippen LogP contribution in [-0.2, 0) is 4.79 Å². The minimum atomic E-state index is -0.573. The van der Waals surface area contributed by atoms with Gasteiger partial charge in [-0.1, -0.05) is 18.0 Å². The van der Waals surface area contributed by atoms with Crippen LogP contribution in [0.25, 0.3) is 0 Å². The van der Waals surface area contributed by atoms with Gasteiger partial charge in [0.25, 0.3) is 0 Å². The molecule has 0 bridgehead atoms. The van der Waals surface area contributed by atoms with E-state index in [1.165, 1.54) is 12.1 Å². The summed E-state index contributed by atoms with van der Waals surface area (Å²) in [5, 5.41) is 2.74. The van der Waals surface area contributed by atoms with Gasteiger partial charge in [-0.2, -0.15) is 0 Å². The van der Waals surface area contributed by atoms with Gasteiger partial charge in [-0.05, 0) is 38.0 Å². The summed E-state index contributed by atoms with van der Waals surface area (Å²) in [6, 6.07) is 4.07. The van der Waals surface area contributed by atoms with Crippen LogP contribution in [-0.4, -0.2) is 11.9 Å². The first-order valence-electron chi connectivity index (χ1n) is 5.95. The first-order valence-corrected chi connectivity index (χ1v) is 6.33. The average Bonchev–Trinajstić information content (AvgIpc) is 2.66. The number of benzene rings is 1. The van der Waals surface area contributed by atoms with Crippen LogP contribution in [0.3, 0.4) is 0 Å². The van der Waals surface area contributed by atoms with Crippen LogP contribution in [0, 0.1) is 11.2 Å². The molecular weight excluding hydrogens is 255 g/mol. The molecule has 1 saturated carbocycles. The van der Waals surface area contributed by atoms with Crippen molar-refractivity contribution in [2.45, 2.75) is 32.2 Å². The maximum Gasteiger partial charge on any atom is 0.231 e. The van der Waals surface area contributed by atoms with Gasteiger partial charge < -0.3 is 11.1 Å². The third kappa shape index (κ3) is 2.35. The van der Waals surface area contributed by atoms with Gasteiger partial charge in [0.2, 0.25) is 5.91 Å². The standard InChI is InChI=1S/C13H16ClFN2O/c1-13(6-2-3-11(13)16)12(18)17-8-4-5-9(14)10(15)7-8/h4-5,7,11H,2-3,6,16H2,1H3,(H,17,18). The molecule has 1 aliphatic carbocycles. The lowest BCUT2D eigenvalue weighted by molar-refractivity contribution is -0.125. The van der Waals surface area contributed by atoms with E-state index in [-0.39, 0.29) is 17.0 Å². The molecule has 0 heterocycles. The van der Waals surface area contributed by atoms with Crippen molar-refractivity contribution in [2.75, 3.05) is 5.32 Å². The van der Waals surface area contributed by atoms with E-state index in [0.29, 0.717) is 5.69 Å². The van der Waals surface area contributed by atoms with E-state index in [1.54, 1.807) is 6.07 Å². The van der Waals surface area contributed by atoms with E-state index < -0.39 is 11.2 Å². The predicted molar refractivity (Wildman–Crippen MR) is 70.0 cm³/mol. The lowest BCUT2D eigenvalue weighted by Crippen LogP contribution is -2.44. The number of anilines is 1. The van der Waals surface area contributed by atoms with E-state index in [9.17, 15) is 9.18 Å². The summed E-state index contributed by atoms with van der Waals surface area (Å²) in [6.45, 7) is 1.85. The van der Waals surface area contributed by atoms with Gasteiger partial charge >= 0.3 is 0 Å². The molecule has 2 rings (SSSR count). The van der Waals surface area contributed by atoms with Crippen molar-refractivity contribution in [3.05, 3.63) is 29.0 Å². The van der Waals surface area contributed by atoms with Crippen molar-refractivity contribution >= 4 is 23.2 Å². The fraction of sp³-hybridized carbons (Fsp3) is 0.462. The third-order valence-electron chi connectivity index (χ3n) is 3.73. The molecule has 0 saturated heterocycles. The van der Waals surface area contributed by atoms with E-state index in [2.05, 4.69) is 5.32 Å². The third-order valence-corrected chi connectivity index (χ3v) is 4.03. The van der Waals surface area contributed by atoms with E-state index in [0.717, 1.165) is 19.3 Å². The first kappa shape index (κ1) is 13.3. The highest BCUT2D eigenvalue weighted by atomic mass is 35.5. The lowest BCUT2D eigenvalue weighted by atomic mass is 9.84. The zero-order valence-corrected chi connectivity index (χ0v) is 10.9. The van der Waals surface area contributed by atoms with Crippen molar-refractivity contribution in [1.82, 2.24) is 0 Å². The maximum atomic E-state index is 13.3. The number of nitrogens with two attached hydrogens (primary N) is 1. The highest BCUT2D eigenvalue weighted by Gasteiger charge is 2.42. The van der Waals surface area contributed by atoms with Gasteiger partial charge in [0.1, 0.15) is 5.82 Å². The summed E-state index contributed by atoms with van der Waals surface area (Å²) >= 11 is 5.59. The number of amides is 1. The maximum absolute atomic E-state index is 13.3. The highest BCUT2D eigenvalue weighted by Crippen LogP contribution is 2.37. The molecule has 3 N–H and O–H groups in total. The van der Waals surface area contributed by atoms with E-state index in [1.807, 2.05) is 6.92 Å². The Morgan fingerprint density at radius 1 is 1.61 bits per heavy atom. The van der Waals surface area contributed by atoms with Crippen molar-refractivity contribution in [2.24, 2.45) is 11.1 Å². The molecule has 2 unspecified atom stereocenters. The zero-order valence-electron chi connectivity index (χ0n) is 10.2. The molecular formula is C13H16ClFN2O. The molecule has 2 atom stereocenters. The monoisotopic (exact) mass is 270 g/mol. The van der Waals surface area contributed by atoms with Crippen LogP contribution in [0.15, 0.2) is 18.2 Å². The molecule has 0 aliphatic heterocycles. The number of halogens is 2. The number of rotatable bonds is 2. The van der Waals surface area contributed by atoms with Crippen molar-refractivity contribution < 1.29 is 9.18 Å². The highest BCUT2D eigenvalue weighted by molar-refractivity contribution is 6.30. The molecule has 1 aromatic carbocycles. The minimum absolute atomic E-state index is 0.0387. The minimum Gasteiger partial charge on any atom is -0.327 e. The van der Waals surface area contributed by atoms with Crippen LogP contribution < -0.4 is 11.1 Å². The Bertz CT molecular complexity index is 480. The number of carbonyl (C=O) groups excluding carboxylic acids is 1. The molecule has 1 aliphatic rings. The Kier molecular flexibility index (Phi) is 3.59. The van der Waals surface area contributed by atoms with Crippen molar-refractivity contribution in [3.8, 4) is 0 Å². The Balaban J connectivity index is 2.14. The van der Waals surface area contributed by atoms with Gasteiger partial charge in [-0.3, -0.25) is 4.79 Å². The summed E-state index contributed by atoms with van der Waals surface area (Å²) in [7, 11) is 0. The van der Waals surface area contributed by atoms with E-state index >= 15 is 0 Å². The fourth-order valence-electron chi connectivity index (χ4n) is 2.32. The zero-order chi connectivity index (χ0) is 13.3. The van der Waals surface area contributed by atoms with Crippen LogP contribution in [0.2, 0.25) is 5.02 Å². The van der Waals surface area contributed by atoms with Crippen LogP contribution >= 0.6 is 11.6 Å². The molecule has 5 heteroatoms. The topological polar surface area (TPSA) is 55.1 Å². The Hall–Kier alpha value is -1.13. The first-order chi connectivity index (χ1) is 8.43. The number of nitrogens with one attached hydrogen (secondary N) is 1. The largest absolute Gasteiger partial charge is 0.327 e.